The second-order valence-electron chi connectivity index (χ2n) is 6.53. The molecule has 0 bridgehead atoms. The van der Waals surface area contributed by atoms with Gasteiger partial charge in [0.05, 0.1) is 28.9 Å². The standard InChI is InChI=1S/C24H19BrClN3O3/c1-2-31-22-12-16(14-28-29-24(30)17-7-9-20(26)10-8-17)11-21(25)23(22)32-15-19-6-4-3-5-18(19)13-27/h3-12,14H,2,15H2,1H3,(H,29,30)/b28-14-. The van der Waals surface area contributed by atoms with Crippen molar-refractivity contribution in [2.45, 2.75) is 13.5 Å². The van der Waals surface area contributed by atoms with Gasteiger partial charge in [0.25, 0.3) is 5.91 Å². The largest absolute Gasteiger partial charge is 0.490 e. The van der Waals surface area contributed by atoms with Crippen molar-refractivity contribution >= 4 is 39.7 Å². The van der Waals surface area contributed by atoms with Crippen molar-refractivity contribution in [3.8, 4) is 17.6 Å². The van der Waals surface area contributed by atoms with Gasteiger partial charge in [-0.1, -0.05) is 29.8 Å². The average molecular weight is 513 g/mol. The molecular formula is C24H19BrClN3O3. The van der Waals surface area contributed by atoms with Gasteiger partial charge < -0.3 is 9.47 Å². The molecule has 8 heteroatoms. The lowest BCUT2D eigenvalue weighted by Crippen LogP contribution is -2.17. The van der Waals surface area contributed by atoms with Crippen LogP contribution in [0.15, 0.2) is 70.2 Å². The molecule has 0 fully saturated rings. The molecule has 3 aromatic carbocycles. The number of hydrogen-bond acceptors (Lipinski definition) is 5. The van der Waals surface area contributed by atoms with Crippen molar-refractivity contribution in [2.24, 2.45) is 5.10 Å². The van der Waals surface area contributed by atoms with Crippen LogP contribution in [0.2, 0.25) is 5.02 Å². The minimum Gasteiger partial charge on any atom is -0.490 e. The number of carbonyl (C=O) groups excluding carboxylic acids is 1. The Hall–Kier alpha value is -3.34. The van der Waals surface area contributed by atoms with Gasteiger partial charge in [0.2, 0.25) is 0 Å². The van der Waals surface area contributed by atoms with Gasteiger partial charge in [0.1, 0.15) is 6.61 Å². The van der Waals surface area contributed by atoms with Gasteiger partial charge in [-0.05, 0) is 70.9 Å². The van der Waals surface area contributed by atoms with E-state index >= 15 is 0 Å². The highest BCUT2D eigenvalue weighted by atomic mass is 79.9. The lowest BCUT2D eigenvalue weighted by molar-refractivity contribution is 0.0955. The van der Waals surface area contributed by atoms with Crippen molar-refractivity contribution in [2.75, 3.05) is 6.61 Å². The summed E-state index contributed by atoms with van der Waals surface area (Å²) in [6.07, 6.45) is 1.51. The molecule has 0 aliphatic rings. The van der Waals surface area contributed by atoms with E-state index in [0.29, 0.717) is 44.3 Å². The molecule has 0 aromatic heterocycles. The van der Waals surface area contributed by atoms with E-state index in [1.807, 2.05) is 25.1 Å². The second kappa shape index (κ2) is 11.3. The maximum atomic E-state index is 12.2. The van der Waals surface area contributed by atoms with Crippen molar-refractivity contribution in [1.29, 1.82) is 5.26 Å². The molecule has 0 saturated heterocycles. The van der Waals surface area contributed by atoms with Crippen molar-refractivity contribution in [1.82, 2.24) is 5.43 Å². The molecular weight excluding hydrogens is 494 g/mol. The van der Waals surface area contributed by atoms with Crippen LogP contribution in [0.1, 0.15) is 34.0 Å². The highest BCUT2D eigenvalue weighted by Crippen LogP contribution is 2.37. The molecule has 1 amide bonds. The zero-order chi connectivity index (χ0) is 22.9. The highest BCUT2D eigenvalue weighted by Gasteiger charge is 2.13. The molecule has 3 aromatic rings. The van der Waals surface area contributed by atoms with E-state index in [-0.39, 0.29) is 12.5 Å². The molecule has 32 heavy (non-hydrogen) atoms. The molecule has 0 unspecified atom stereocenters. The summed E-state index contributed by atoms with van der Waals surface area (Å²) in [6, 6.07) is 19.5. The van der Waals surface area contributed by atoms with Crippen molar-refractivity contribution < 1.29 is 14.3 Å². The number of halogens is 2. The van der Waals surface area contributed by atoms with Crippen LogP contribution >= 0.6 is 27.5 Å². The van der Waals surface area contributed by atoms with Gasteiger partial charge >= 0.3 is 0 Å². The maximum Gasteiger partial charge on any atom is 0.271 e. The first-order chi connectivity index (χ1) is 15.5. The Morgan fingerprint density at radius 1 is 1.19 bits per heavy atom. The number of rotatable bonds is 8. The smallest absolute Gasteiger partial charge is 0.271 e. The van der Waals surface area contributed by atoms with E-state index in [0.717, 1.165) is 5.56 Å². The molecule has 0 aliphatic heterocycles. The fraction of sp³-hybridized carbons (Fsp3) is 0.125. The quantitative estimate of drug-likeness (QED) is 0.309. The summed E-state index contributed by atoms with van der Waals surface area (Å²) in [5.74, 6) is 0.682. The van der Waals surface area contributed by atoms with E-state index in [1.165, 1.54) is 6.21 Å². The zero-order valence-corrected chi connectivity index (χ0v) is 19.5. The topological polar surface area (TPSA) is 83.7 Å². The fourth-order valence-corrected chi connectivity index (χ4v) is 3.50. The Labute approximate surface area is 199 Å². The first-order valence-electron chi connectivity index (χ1n) is 9.68. The molecule has 0 aliphatic carbocycles. The third kappa shape index (κ3) is 6.10. The van der Waals surface area contributed by atoms with Gasteiger partial charge in [0.15, 0.2) is 11.5 Å². The number of nitrogens with zero attached hydrogens (tertiary/aromatic N) is 2. The normalized spacial score (nSPS) is 10.6. The van der Waals surface area contributed by atoms with Crippen LogP contribution < -0.4 is 14.9 Å². The van der Waals surface area contributed by atoms with E-state index < -0.39 is 0 Å². The average Bonchev–Trinajstić information content (AvgIpc) is 2.79. The van der Waals surface area contributed by atoms with E-state index in [4.69, 9.17) is 21.1 Å². The van der Waals surface area contributed by atoms with Gasteiger partial charge in [0, 0.05) is 16.1 Å². The summed E-state index contributed by atoms with van der Waals surface area (Å²) in [7, 11) is 0. The number of nitriles is 1. The van der Waals surface area contributed by atoms with Gasteiger partial charge in [-0.25, -0.2) is 5.43 Å². The van der Waals surface area contributed by atoms with E-state index in [2.05, 4.69) is 32.5 Å². The number of nitrogens with one attached hydrogen (secondary N) is 1. The molecule has 162 valence electrons. The number of hydrogen-bond donors (Lipinski definition) is 1. The Balaban J connectivity index is 1.74. The number of hydrazone groups is 1. The van der Waals surface area contributed by atoms with Gasteiger partial charge in [-0.3, -0.25) is 4.79 Å². The maximum absolute atomic E-state index is 12.2. The molecule has 0 heterocycles. The molecule has 0 spiro atoms. The predicted octanol–water partition coefficient (Wildman–Crippen LogP) is 5.72. The minimum absolute atomic E-state index is 0.215. The van der Waals surface area contributed by atoms with Crippen molar-refractivity contribution in [3.63, 3.8) is 0 Å². The Morgan fingerprint density at radius 2 is 1.94 bits per heavy atom. The van der Waals surface area contributed by atoms with Crippen molar-refractivity contribution in [3.05, 3.63) is 92.4 Å². The third-order valence-electron chi connectivity index (χ3n) is 4.33. The van der Waals surface area contributed by atoms with Gasteiger partial charge in [-0.15, -0.1) is 0 Å². The fourth-order valence-electron chi connectivity index (χ4n) is 2.80. The van der Waals surface area contributed by atoms with Crippen LogP contribution in [0, 0.1) is 11.3 Å². The lowest BCUT2D eigenvalue weighted by atomic mass is 10.1. The number of amides is 1. The second-order valence-corrected chi connectivity index (χ2v) is 7.82. The molecule has 0 radical (unpaired) electrons. The minimum atomic E-state index is -0.349. The summed E-state index contributed by atoms with van der Waals surface area (Å²) in [5, 5.41) is 13.8. The Morgan fingerprint density at radius 3 is 2.66 bits per heavy atom. The summed E-state index contributed by atoms with van der Waals surface area (Å²) >= 11 is 9.35. The van der Waals surface area contributed by atoms with Crippen LogP contribution in [-0.4, -0.2) is 18.7 Å². The zero-order valence-electron chi connectivity index (χ0n) is 17.1. The predicted molar refractivity (Wildman–Crippen MR) is 127 cm³/mol. The monoisotopic (exact) mass is 511 g/mol. The van der Waals surface area contributed by atoms with E-state index in [1.54, 1.807) is 42.5 Å². The summed E-state index contributed by atoms with van der Waals surface area (Å²) in [6.45, 7) is 2.52. The molecule has 6 nitrogen and oxygen atoms in total. The molecule has 0 saturated carbocycles. The molecule has 3 rings (SSSR count). The first kappa shape index (κ1) is 23.3. The SMILES string of the molecule is CCOc1cc(/C=N\NC(=O)c2ccc(Cl)cc2)cc(Br)c1OCc1ccccc1C#N. The van der Waals surface area contributed by atoms with Crippen LogP contribution in [-0.2, 0) is 6.61 Å². The number of ether oxygens (including phenoxy) is 2. The number of carbonyl (C=O) groups is 1. The first-order valence-corrected chi connectivity index (χ1v) is 10.8. The number of benzene rings is 3. The van der Waals surface area contributed by atoms with Crippen LogP contribution in [0.5, 0.6) is 11.5 Å². The summed E-state index contributed by atoms with van der Waals surface area (Å²) in [4.78, 5) is 12.2. The highest BCUT2D eigenvalue weighted by molar-refractivity contribution is 9.10. The Bertz CT molecular complexity index is 1170. The van der Waals surface area contributed by atoms with Crippen LogP contribution in [0.25, 0.3) is 0 Å². The van der Waals surface area contributed by atoms with Crippen LogP contribution in [0.4, 0.5) is 0 Å². The summed E-state index contributed by atoms with van der Waals surface area (Å²) < 4.78 is 12.4. The van der Waals surface area contributed by atoms with E-state index in [9.17, 15) is 10.1 Å². The molecule has 1 N–H and O–H groups in total. The lowest BCUT2D eigenvalue weighted by Gasteiger charge is -2.15. The molecule has 0 atom stereocenters. The van der Waals surface area contributed by atoms with Crippen LogP contribution in [0.3, 0.4) is 0 Å². The Kier molecular flexibility index (Phi) is 8.26. The summed E-state index contributed by atoms with van der Waals surface area (Å²) in [5.41, 5.74) is 4.96. The van der Waals surface area contributed by atoms with Gasteiger partial charge in [-0.2, -0.15) is 10.4 Å². The third-order valence-corrected chi connectivity index (χ3v) is 5.17.